The predicted molar refractivity (Wildman–Crippen MR) is 83.9 cm³/mol. The molecule has 0 heterocycles. The van der Waals surface area contributed by atoms with Crippen molar-refractivity contribution < 1.29 is 14.4 Å². The molecule has 0 spiro atoms. The molecule has 114 valence electrons. The summed E-state index contributed by atoms with van der Waals surface area (Å²) in [5.74, 6) is 1.20. The largest absolute Gasteiger partial charge is 0.493 e. The number of para-hydroxylation sites is 1. The summed E-state index contributed by atoms with van der Waals surface area (Å²) in [6.07, 6.45) is 1.59. The maximum absolute atomic E-state index is 10.6. The van der Waals surface area contributed by atoms with Gasteiger partial charge < -0.3 is 9.47 Å². The van der Waals surface area contributed by atoms with Crippen molar-refractivity contribution in [3.63, 3.8) is 0 Å². The third-order valence-corrected chi connectivity index (χ3v) is 2.91. The first-order chi connectivity index (χ1) is 10.7. The molecule has 0 atom stereocenters. The van der Waals surface area contributed by atoms with Crippen LogP contribution in [0.4, 0.5) is 11.4 Å². The molecule has 0 fully saturated rings. The zero-order chi connectivity index (χ0) is 15.9. The average molecular weight is 301 g/mol. The second kappa shape index (κ2) is 7.07. The van der Waals surface area contributed by atoms with Crippen LogP contribution in [0, 0.1) is 10.1 Å². The minimum Gasteiger partial charge on any atom is -0.493 e. The molecule has 0 saturated heterocycles. The van der Waals surface area contributed by atoms with Crippen molar-refractivity contribution in [1.29, 1.82) is 0 Å². The molecule has 0 radical (unpaired) electrons. The van der Waals surface area contributed by atoms with Crippen molar-refractivity contribution in [2.75, 3.05) is 19.6 Å². The van der Waals surface area contributed by atoms with E-state index >= 15 is 0 Å². The lowest BCUT2D eigenvalue weighted by Crippen LogP contribution is -1.97. The molecule has 22 heavy (non-hydrogen) atoms. The second-order valence-corrected chi connectivity index (χ2v) is 4.26. The quantitative estimate of drug-likeness (QED) is 0.503. The maximum Gasteiger partial charge on any atom is 0.269 e. The number of nitrogens with one attached hydrogen (secondary N) is 1. The maximum atomic E-state index is 10.6. The molecule has 7 nitrogen and oxygen atoms in total. The van der Waals surface area contributed by atoms with Gasteiger partial charge in [0.05, 0.1) is 31.0 Å². The van der Waals surface area contributed by atoms with Gasteiger partial charge in [0, 0.05) is 17.7 Å². The van der Waals surface area contributed by atoms with Gasteiger partial charge in [0.15, 0.2) is 11.5 Å². The number of benzene rings is 2. The number of hydrogen-bond acceptors (Lipinski definition) is 6. The summed E-state index contributed by atoms with van der Waals surface area (Å²) in [5.41, 5.74) is 4.22. The highest BCUT2D eigenvalue weighted by Gasteiger charge is 2.07. The number of nitro benzene ring substituents is 1. The van der Waals surface area contributed by atoms with Gasteiger partial charge in [-0.3, -0.25) is 15.5 Å². The van der Waals surface area contributed by atoms with Gasteiger partial charge >= 0.3 is 0 Å². The van der Waals surface area contributed by atoms with E-state index < -0.39 is 4.92 Å². The number of rotatable bonds is 6. The van der Waals surface area contributed by atoms with E-state index in [2.05, 4.69) is 10.5 Å². The number of non-ortho nitro benzene ring substituents is 1. The molecule has 0 bridgehead atoms. The topological polar surface area (TPSA) is 86.0 Å². The Morgan fingerprint density at radius 2 is 1.86 bits per heavy atom. The van der Waals surface area contributed by atoms with Crippen molar-refractivity contribution in [2.24, 2.45) is 5.10 Å². The van der Waals surface area contributed by atoms with E-state index in [4.69, 9.17) is 9.47 Å². The van der Waals surface area contributed by atoms with Crippen molar-refractivity contribution in [3.05, 3.63) is 58.1 Å². The van der Waals surface area contributed by atoms with E-state index in [0.29, 0.717) is 17.2 Å². The van der Waals surface area contributed by atoms with Crippen LogP contribution < -0.4 is 14.9 Å². The van der Waals surface area contributed by atoms with Crippen molar-refractivity contribution in [1.82, 2.24) is 0 Å². The summed E-state index contributed by atoms with van der Waals surface area (Å²) >= 11 is 0. The Labute approximate surface area is 127 Å². The molecular weight excluding hydrogens is 286 g/mol. The number of methoxy groups -OCH3 is 2. The summed E-state index contributed by atoms with van der Waals surface area (Å²) in [6.45, 7) is 0. The summed E-state index contributed by atoms with van der Waals surface area (Å²) < 4.78 is 10.5. The number of anilines is 1. The smallest absolute Gasteiger partial charge is 0.269 e. The minimum atomic E-state index is -0.450. The summed E-state index contributed by atoms with van der Waals surface area (Å²) in [4.78, 5) is 10.1. The van der Waals surface area contributed by atoms with E-state index in [1.54, 1.807) is 38.6 Å². The molecule has 2 rings (SSSR count). The van der Waals surface area contributed by atoms with Crippen LogP contribution in [0.15, 0.2) is 47.6 Å². The van der Waals surface area contributed by atoms with Gasteiger partial charge in [0.2, 0.25) is 0 Å². The molecule has 0 unspecified atom stereocenters. The number of ether oxygens (including phenoxy) is 2. The van der Waals surface area contributed by atoms with Crippen LogP contribution in [0.25, 0.3) is 0 Å². The SMILES string of the molecule is COc1cccc(/C=N/Nc2ccc([N+](=O)[O-])cc2)c1OC. The highest BCUT2D eigenvalue weighted by Crippen LogP contribution is 2.29. The van der Waals surface area contributed by atoms with Gasteiger partial charge in [-0.2, -0.15) is 5.10 Å². The van der Waals surface area contributed by atoms with E-state index in [9.17, 15) is 10.1 Å². The highest BCUT2D eigenvalue weighted by atomic mass is 16.6. The Hall–Kier alpha value is -3.09. The van der Waals surface area contributed by atoms with E-state index in [0.717, 1.165) is 5.56 Å². The van der Waals surface area contributed by atoms with Crippen LogP contribution >= 0.6 is 0 Å². The second-order valence-electron chi connectivity index (χ2n) is 4.26. The first-order valence-corrected chi connectivity index (χ1v) is 6.40. The number of hydrogen-bond donors (Lipinski definition) is 1. The highest BCUT2D eigenvalue weighted by molar-refractivity contribution is 5.85. The normalized spacial score (nSPS) is 10.5. The molecule has 7 heteroatoms. The van der Waals surface area contributed by atoms with Crippen LogP contribution in [0.2, 0.25) is 0 Å². The number of nitro groups is 1. The number of nitrogens with zero attached hydrogens (tertiary/aromatic N) is 2. The van der Waals surface area contributed by atoms with Crippen LogP contribution in [-0.4, -0.2) is 25.4 Å². The molecule has 1 N–H and O–H groups in total. The Morgan fingerprint density at radius 1 is 1.14 bits per heavy atom. The fourth-order valence-corrected chi connectivity index (χ4v) is 1.85. The molecule has 0 saturated carbocycles. The molecule has 0 aliphatic rings. The molecular formula is C15H15N3O4. The van der Waals surface area contributed by atoms with Crippen LogP contribution in [-0.2, 0) is 0 Å². The average Bonchev–Trinajstić information content (AvgIpc) is 2.55. The lowest BCUT2D eigenvalue weighted by Gasteiger charge is -2.09. The molecule has 0 aromatic heterocycles. The molecule has 2 aromatic rings. The Kier molecular flexibility index (Phi) is 4.92. The zero-order valence-corrected chi connectivity index (χ0v) is 12.1. The zero-order valence-electron chi connectivity index (χ0n) is 12.1. The van der Waals surface area contributed by atoms with Gasteiger partial charge in [0.1, 0.15) is 0 Å². The fraction of sp³-hybridized carbons (Fsp3) is 0.133. The summed E-state index contributed by atoms with van der Waals surface area (Å²) in [7, 11) is 3.12. The molecule has 0 aliphatic carbocycles. The minimum absolute atomic E-state index is 0.0315. The standard InChI is InChI=1S/C15H15N3O4/c1-21-14-5-3-4-11(15(14)22-2)10-16-17-12-6-8-13(9-7-12)18(19)20/h3-10,17H,1-2H3/b16-10+. The Balaban J connectivity index is 2.11. The predicted octanol–water partition coefficient (Wildman–Crippen LogP) is 3.06. The van der Waals surface area contributed by atoms with Gasteiger partial charge in [-0.05, 0) is 24.3 Å². The molecule has 0 amide bonds. The Bertz CT molecular complexity index is 684. The van der Waals surface area contributed by atoms with E-state index in [1.807, 2.05) is 12.1 Å². The van der Waals surface area contributed by atoms with Crippen molar-refractivity contribution in [2.45, 2.75) is 0 Å². The third kappa shape index (κ3) is 3.51. The van der Waals surface area contributed by atoms with Crippen LogP contribution in [0.5, 0.6) is 11.5 Å². The summed E-state index contributed by atoms with van der Waals surface area (Å²) in [6, 6.07) is 11.4. The van der Waals surface area contributed by atoms with Crippen LogP contribution in [0.3, 0.4) is 0 Å². The van der Waals surface area contributed by atoms with Crippen molar-refractivity contribution >= 4 is 17.6 Å². The van der Waals surface area contributed by atoms with Gasteiger partial charge in [-0.25, -0.2) is 0 Å². The lowest BCUT2D eigenvalue weighted by molar-refractivity contribution is -0.384. The summed E-state index contributed by atoms with van der Waals surface area (Å²) in [5, 5.41) is 14.7. The van der Waals surface area contributed by atoms with Crippen molar-refractivity contribution in [3.8, 4) is 11.5 Å². The van der Waals surface area contributed by atoms with E-state index in [-0.39, 0.29) is 5.69 Å². The van der Waals surface area contributed by atoms with Crippen LogP contribution in [0.1, 0.15) is 5.56 Å². The molecule has 0 aliphatic heterocycles. The fourth-order valence-electron chi connectivity index (χ4n) is 1.85. The first-order valence-electron chi connectivity index (χ1n) is 6.40. The van der Waals surface area contributed by atoms with E-state index in [1.165, 1.54) is 12.1 Å². The first kappa shape index (κ1) is 15.3. The Morgan fingerprint density at radius 3 is 2.45 bits per heavy atom. The lowest BCUT2D eigenvalue weighted by atomic mass is 10.2. The van der Waals surface area contributed by atoms with Gasteiger partial charge in [-0.15, -0.1) is 0 Å². The van der Waals surface area contributed by atoms with Gasteiger partial charge in [0.25, 0.3) is 5.69 Å². The monoisotopic (exact) mass is 301 g/mol. The van der Waals surface area contributed by atoms with Gasteiger partial charge in [-0.1, -0.05) is 6.07 Å². The molecule has 2 aromatic carbocycles. The number of hydrazone groups is 1. The third-order valence-electron chi connectivity index (χ3n) is 2.91.